The van der Waals surface area contributed by atoms with Crippen LogP contribution < -0.4 is 11.1 Å². The fraction of sp³-hybridized carbons (Fsp3) is 0.100. The average Bonchev–Trinajstić information content (AvgIpc) is 2.70. The lowest BCUT2D eigenvalue weighted by Gasteiger charge is -2.04. The van der Waals surface area contributed by atoms with Crippen molar-refractivity contribution in [1.82, 2.24) is 20.5 Å². The Kier molecular flexibility index (Phi) is 3.69. The lowest BCUT2D eigenvalue weighted by Crippen LogP contribution is -2.23. The standard InChI is InChI=1S/C10H9Cl2N5O/c11-6-1-5(2-7(12)3-6)9(18)14-4-8-15-10(13)17-16-8/h1-3H,4H2,(H,14,18)(H3,13,15,16,17). The molecule has 2 rings (SSSR count). The van der Waals surface area contributed by atoms with Gasteiger partial charge in [-0.3, -0.25) is 9.89 Å². The highest BCUT2D eigenvalue weighted by atomic mass is 35.5. The Labute approximate surface area is 112 Å². The number of amides is 1. The van der Waals surface area contributed by atoms with E-state index in [4.69, 9.17) is 28.9 Å². The van der Waals surface area contributed by atoms with Crippen LogP contribution in [0.15, 0.2) is 18.2 Å². The number of halogens is 2. The first kappa shape index (κ1) is 12.7. The van der Waals surface area contributed by atoms with Crippen molar-refractivity contribution < 1.29 is 4.79 Å². The summed E-state index contributed by atoms with van der Waals surface area (Å²) in [4.78, 5) is 15.7. The van der Waals surface area contributed by atoms with Crippen LogP contribution in [0.2, 0.25) is 10.0 Å². The number of aromatic nitrogens is 3. The maximum Gasteiger partial charge on any atom is 0.251 e. The lowest BCUT2D eigenvalue weighted by atomic mass is 10.2. The van der Waals surface area contributed by atoms with Gasteiger partial charge in [0.1, 0.15) is 5.82 Å². The van der Waals surface area contributed by atoms with Gasteiger partial charge in [0.15, 0.2) is 0 Å². The maximum absolute atomic E-state index is 11.8. The summed E-state index contributed by atoms with van der Waals surface area (Å²) in [6, 6.07) is 4.60. The Morgan fingerprint density at radius 3 is 2.56 bits per heavy atom. The van der Waals surface area contributed by atoms with Gasteiger partial charge in [-0.15, -0.1) is 5.10 Å². The number of benzene rings is 1. The van der Waals surface area contributed by atoms with Gasteiger partial charge in [-0.05, 0) is 18.2 Å². The molecule has 2 aromatic rings. The topological polar surface area (TPSA) is 96.7 Å². The van der Waals surface area contributed by atoms with Gasteiger partial charge < -0.3 is 11.1 Å². The van der Waals surface area contributed by atoms with Crippen LogP contribution in [0, 0.1) is 0 Å². The zero-order valence-electron chi connectivity index (χ0n) is 9.08. The van der Waals surface area contributed by atoms with Crippen molar-refractivity contribution in [3.05, 3.63) is 39.6 Å². The SMILES string of the molecule is Nc1n[nH]c(CNC(=O)c2cc(Cl)cc(Cl)c2)n1. The predicted molar refractivity (Wildman–Crippen MR) is 68.4 cm³/mol. The number of nitrogens with two attached hydrogens (primary N) is 1. The number of anilines is 1. The first-order valence-corrected chi connectivity index (χ1v) is 5.71. The van der Waals surface area contributed by atoms with Gasteiger partial charge in [0.2, 0.25) is 5.95 Å². The summed E-state index contributed by atoms with van der Waals surface area (Å²) in [5.41, 5.74) is 5.71. The molecule has 0 unspecified atom stereocenters. The van der Waals surface area contributed by atoms with E-state index in [1.54, 1.807) is 6.07 Å². The second-order valence-electron chi connectivity index (χ2n) is 3.48. The van der Waals surface area contributed by atoms with Crippen molar-refractivity contribution in [1.29, 1.82) is 0 Å². The number of hydrogen-bond acceptors (Lipinski definition) is 4. The molecule has 0 saturated carbocycles. The number of nitrogens with zero attached hydrogens (tertiary/aromatic N) is 2. The van der Waals surface area contributed by atoms with Gasteiger partial charge in [-0.2, -0.15) is 4.98 Å². The molecule has 0 aliphatic rings. The third kappa shape index (κ3) is 3.12. The number of rotatable bonds is 3. The molecule has 8 heteroatoms. The number of nitrogen functional groups attached to an aromatic ring is 1. The predicted octanol–water partition coefficient (Wildman–Crippen LogP) is 1.62. The molecule has 0 aliphatic carbocycles. The number of aromatic amines is 1. The van der Waals surface area contributed by atoms with E-state index in [1.807, 2.05) is 0 Å². The van der Waals surface area contributed by atoms with Crippen molar-refractivity contribution >= 4 is 35.1 Å². The van der Waals surface area contributed by atoms with Crippen molar-refractivity contribution in [2.24, 2.45) is 0 Å². The number of nitrogens with one attached hydrogen (secondary N) is 2. The monoisotopic (exact) mass is 285 g/mol. The highest BCUT2D eigenvalue weighted by Gasteiger charge is 2.08. The van der Waals surface area contributed by atoms with Gasteiger partial charge in [0.05, 0.1) is 6.54 Å². The third-order valence-electron chi connectivity index (χ3n) is 2.09. The molecule has 18 heavy (non-hydrogen) atoms. The van der Waals surface area contributed by atoms with E-state index in [-0.39, 0.29) is 18.4 Å². The average molecular weight is 286 g/mol. The molecule has 0 fully saturated rings. The van der Waals surface area contributed by atoms with E-state index < -0.39 is 0 Å². The Morgan fingerprint density at radius 2 is 2.00 bits per heavy atom. The second-order valence-corrected chi connectivity index (χ2v) is 4.35. The van der Waals surface area contributed by atoms with Crippen LogP contribution in [0.3, 0.4) is 0 Å². The molecule has 0 aliphatic heterocycles. The molecule has 0 atom stereocenters. The van der Waals surface area contributed by atoms with Crippen LogP contribution in [0.4, 0.5) is 5.95 Å². The molecule has 0 saturated heterocycles. The molecule has 0 bridgehead atoms. The smallest absolute Gasteiger partial charge is 0.251 e. The first-order valence-electron chi connectivity index (χ1n) is 4.95. The Bertz CT molecular complexity index is 563. The Morgan fingerprint density at radius 1 is 1.33 bits per heavy atom. The molecule has 1 aromatic carbocycles. The van der Waals surface area contributed by atoms with E-state index in [9.17, 15) is 4.79 Å². The summed E-state index contributed by atoms with van der Waals surface area (Å²) in [5.74, 6) is 0.286. The number of H-pyrrole nitrogens is 1. The molecule has 6 nitrogen and oxygen atoms in total. The third-order valence-corrected chi connectivity index (χ3v) is 2.53. The molecular weight excluding hydrogens is 277 g/mol. The van der Waals surface area contributed by atoms with E-state index >= 15 is 0 Å². The molecule has 0 spiro atoms. The second kappa shape index (κ2) is 5.24. The Hall–Kier alpha value is -1.79. The normalized spacial score (nSPS) is 10.3. The largest absolute Gasteiger partial charge is 0.367 e. The van der Waals surface area contributed by atoms with Crippen LogP contribution in [0.5, 0.6) is 0 Å². The van der Waals surface area contributed by atoms with Crippen LogP contribution in [0.1, 0.15) is 16.2 Å². The number of carbonyl (C=O) groups excluding carboxylic acids is 1. The van der Waals surface area contributed by atoms with Crippen LogP contribution >= 0.6 is 23.2 Å². The molecule has 1 heterocycles. The zero-order chi connectivity index (χ0) is 13.1. The van der Waals surface area contributed by atoms with Gasteiger partial charge in [0, 0.05) is 15.6 Å². The fourth-order valence-electron chi connectivity index (χ4n) is 1.34. The molecular formula is C10H9Cl2N5O. The van der Waals surface area contributed by atoms with E-state index in [2.05, 4.69) is 20.5 Å². The molecule has 0 radical (unpaired) electrons. The lowest BCUT2D eigenvalue weighted by molar-refractivity contribution is 0.0950. The molecule has 1 aromatic heterocycles. The minimum absolute atomic E-state index is 0.130. The zero-order valence-corrected chi connectivity index (χ0v) is 10.6. The summed E-state index contributed by atoms with van der Waals surface area (Å²) < 4.78 is 0. The quantitative estimate of drug-likeness (QED) is 0.798. The summed E-state index contributed by atoms with van der Waals surface area (Å²) in [5, 5.41) is 9.66. The molecule has 1 amide bonds. The minimum Gasteiger partial charge on any atom is -0.367 e. The van der Waals surface area contributed by atoms with Crippen molar-refractivity contribution in [3.63, 3.8) is 0 Å². The van der Waals surface area contributed by atoms with Gasteiger partial charge in [-0.1, -0.05) is 23.2 Å². The maximum atomic E-state index is 11.8. The summed E-state index contributed by atoms with van der Waals surface area (Å²) in [7, 11) is 0. The summed E-state index contributed by atoms with van der Waals surface area (Å²) >= 11 is 11.6. The van der Waals surface area contributed by atoms with Crippen molar-refractivity contribution in [2.45, 2.75) is 6.54 Å². The molecule has 94 valence electrons. The first-order chi connectivity index (χ1) is 8.54. The number of carbonyl (C=O) groups is 1. The Balaban J connectivity index is 2.03. The van der Waals surface area contributed by atoms with Gasteiger partial charge in [0.25, 0.3) is 5.91 Å². The fourth-order valence-corrected chi connectivity index (χ4v) is 1.87. The summed E-state index contributed by atoms with van der Waals surface area (Å²) in [6.07, 6.45) is 0. The van der Waals surface area contributed by atoms with Crippen molar-refractivity contribution in [2.75, 3.05) is 5.73 Å². The van der Waals surface area contributed by atoms with E-state index in [1.165, 1.54) is 12.1 Å². The van der Waals surface area contributed by atoms with E-state index in [0.29, 0.717) is 21.4 Å². The van der Waals surface area contributed by atoms with Crippen molar-refractivity contribution in [3.8, 4) is 0 Å². The summed E-state index contributed by atoms with van der Waals surface area (Å²) in [6.45, 7) is 0.188. The molecule has 4 N–H and O–H groups in total. The number of hydrogen-bond donors (Lipinski definition) is 3. The highest BCUT2D eigenvalue weighted by molar-refractivity contribution is 6.35. The minimum atomic E-state index is -0.311. The van der Waals surface area contributed by atoms with Crippen LogP contribution in [-0.2, 0) is 6.54 Å². The van der Waals surface area contributed by atoms with Crippen LogP contribution in [-0.4, -0.2) is 21.1 Å². The van der Waals surface area contributed by atoms with Crippen LogP contribution in [0.25, 0.3) is 0 Å². The van der Waals surface area contributed by atoms with Gasteiger partial charge in [-0.25, -0.2) is 0 Å². The van der Waals surface area contributed by atoms with Gasteiger partial charge >= 0.3 is 0 Å². The van der Waals surface area contributed by atoms with E-state index in [0.717, 1.165) is 0 Å². The highest BCUT2D eigenvalue weighted by Crippen LogP contribution is 2.18.